The van der Waals surface area contributed by atoms with Crippen molar-refractivity contribution in [2.45, 2.75) is 32.1 Å². The first-order valence-corrected chi connectivity index (χ1v) is 8.38. The third-order valence-corrected chi connectivity index (χ3v) is 4.21. The summed E-state index contributed by atoms with van der Waals surface area (Å²) in [6.07, 6.45) is 5.85. The molecule has 1 aliphatic heterocycles. The monoisotopic (exact) mass is 275 g/mol. The Hall–Kier alpha value is -0.620. The van der Waals surface area contributed by atoms with Gasteiger partial charge in [0.25, 0.3) is 10.1 Å². The molecule has 0 aromatic carbocycles. The summed E-state index contributed by atoms with van der Waals surface area (Å²) in [6.45, 7) is 1.73. The number of carbonyl (C=O) groups is 1. The predicted octanol–water partition coefficient (Wildman–Crippen LogP) is 1.00. The molecule has 0 aromatic heterocycles. The zero-order valence-electron chi connectivity index (χ0n) is 10.8. The van der Waals surface area contributed by atoms with Gasteiger partial charge in [-0.1, -0.05) is 0 Å². The lowest BCUT2D eigenvalue weighted by Crippen LogP contribution is -2.39. The van der Waals surface area contributed by atoms with Gasteiger partial charge in [-0.2, -0.15) is 8.42 Å². The maximum atomic E-state index is 11.9. The molecule has 1 aliphatic carbocycles. The van der Waals surface area contributed by atoms with E-state index in [-0.39, 0.29) is 18.4 Å². The molecule has 0 unspecified atom stereocenters. The SMILES string of the molecule is CS(=O)(=O)OCC1CCN(C(=O)CC2CC2)CC1. The van der Waals surface area contributed by atoms with Crippen LogP contribution in [0, 0.1) is 11.8 Å². The summed E-state index contributed by atoms with van der Waals surface area (Å²) in [7, 11) is -3.34. The molecular weight excluding hydrogens is 254 g/mol. The first-order chi connectivity index (χ1) is 8.44. The van der Waals surface area contributed by atoms with E-state index in [2.05, 4.69) is 0 Å². The fraction of sp³-hybridized carbons (Fsp3) is 0.917. The fourth-order valence-corrected chi connectivity index (χ4v) is 2.71. The number of likely N-dealkylation sites (tertiary alicyclic amines) is 1. The Labute approximate surface area is 109 Å². The lowest BCUT2D eigenvalue weighted by molar-refractivity contribution is -0.133. The van der Waals surface area contributed by atoms with Gasteiger partial charge in [-0.25, -0.2) is 0 Å². The van der Waals surface area contributed by atoms with Gasteiger partial charge in [-0.3, -0.25) is 8.98 Å². The Morgan fingerprint density at radius 2 is 1.78 bits per heavy atom. The summed E-state index contributed by atoms with van der Waals surface area (Å²) in [5.74, 6) is 1.15. The van der Waals surface area contributed by atoms with Crippen LogP contribution in [0.3, 0.4) is 0 Å². The minimum atomic E-state index is -3.34. The molecule has 104 valence electrons. The van der Waals surface area contributed by atoms with E-state index in [1.54, 1.807) is 0 Å². The highest BCUT2D eigenvalue weighted by Gasteiger charge is 2.29. The summed E-state index contributed by atoms with van der Waals surface area (Å²) >= 11 is 0. The molecule has 2 rings (SSSR count). The quantitative estimate of drug-likeness (QED) is 0.702. The average molecular weight is 275 g/mol. The minimum Gasteiger partial charge on any atom is -0.343 e. The van der Waals surface area contributed by atoms with E-state index in [1.165, 1.54) is 12.8 Å². The highest BCUT2D eigenvalue weighted by molar-refractivity contribution is 7.85. The summed E-state index contributed by atoms with van der Waals surface area (Å²) in [4.78, 5) is 13.8. The number of carbonyl (C=O) groups excluding carboxylic acids is 1. The molecule has 0 aromatic rings. The number of piperidine rings is 1. The lowest BCUT2D eigenvalue weighted by atomic mass is 9.97. The van der Waals surface area contributed by atoms with Crippen LogP contribution in [-0.4, -0.2) is 45.2 Å². The van der Waals surface area contributed by atoms with Gasteiger partial charge in [-0.15, -0.1) is 0 Å². The van der Waals surface area contributed by atoms with Gasteiger partial charge in [-0.05, 0) is 37.5 Å². The van der Waals surface area contributed by atoms with Crippen LogP contribution in [0.2, 0.25) is 0 Å². The fourth-order valence-electron chi connectivity index (χ4n) is 2.27. The molecule has 6 heteroatoms. The van der Waals surface area contributed by atoms with Crippen LogP contribution >= 0.6 is 0 Å². The van der Waals surface area contributed by atoms with Crippen LogP contribution in [0.25, 0.3) is 0 Å². The van der Waals surface area contributed by atoms with E-state index >= 15 is 0 Å². The first-order valence-electron chi connectivity index (χ1n) is 6.56. The van der Waals surface area contributed by atoms with Crippen LogP contribution in [0.5, 0.6) is 0 Å². The van der Waals surface area contributed by atoms with Gasteiger partial charge in [0.1, 0.15) is 0 Å². The van der Waals surface area contributed by atoms with Crippen LogP contribution in [0.15, 0.2) is 0 Å². The maximum absolute atomic E-state index is 11.9. The molecule has 1 saturated carbocycles. The molecule has 0 bridgehead atoms. The third kappa shape index (κ3) is 4.57. The highest BCUT2D eigenvalue weighted by atomic mass is 32.2. The normalized spacial score (nSPS) is 22.2. The minimum absolute atomic E-state index is 0.253. The van der Waals surface area contributed by atoms with Crippen LogP contribution in [0.1, 0.15) is 32.1 Å². The molecule has 1 heterocycles. The van der Waals surface area contributed by atoms with Crippen molar-refractivity contribution in [3.8, 4) is 0 Å². The van der Waals surface area contributed by atoms with Crippen LogP contribution < -0.4 is 0 Å². The van der Waals surface area contributed by atoms with E-state index < -0.39 is 10.1 Å². The van der Waals surface area contributed by atoms with Crippen LogP contribution in [-0.2, 0) is 19.1 Å². The molecule has 0 spiro atoms. The zero-order valence-corrected chi connectivity index (χ0v) is 11.6. The molecule has 2 fully saturated rings. The van der Waals surface area contributed by atoms with E-state index in [9.17, 15) is 13.2 Å². The second-order valence-electron chi connectivity index (χ2n) is 5.46. The summed E-state index contributed by atoms with van der Waals surface area (Å²) in [5, 5.41) is 0. The van der Waals surface area contributed by atoms with Gasteiger partial charge in [0, 0.05) is 19.5 Å². The Bertz CT molecular complexity index is 394. The van der Waals surface area contributed by atoms with E-state index in [1.807, 2.05) is 4.90 Å². The molecule has 0 N–H and O–H groups in total. The zero-order chi connectivity index (χ0) is 13.2. The van der Waals surface area contributed by atoms with Crippen molar-refractivity contribution in [3.63, 3.8) is 0 Å². The third-order valence-electron chi connectivity index (χ3n) is 3.65. The number of nitrogens with zero attached hydrogens (tertiary/aromatic N) is 1. The Morgan fingerprint density at radius 3 is 2.28 bits per heavy atom. The largest absolute Gasteiger partial charge is 0.343 e. The smallest absolute Gasteiger partial charge is 0.264 e. The van der Waals surface area contributed by atoms with E-state index in [4.69, 9.17) is 4.18 Å². The Kier molecular flexibility index (Phi) is 4.27. The van der Waals surface area contributed by atoms with Gasteiger partial charge < -0.3 is 4.90 Å². The first kappa shape index (κ1) is 13.8. The van der Waals surface area contributed by atoms with Gasteiger partial charge in [0.2, 0.25) is 5.91 Å². The maximum Gasteiger partial charge on any atom is 0.264 e. The molecule has 0 atom stereocenters. The lowest BCUT2D eigenvalue weighted by Gasteiger charge is -2.31. The van der Waals surface area contributed by atoms with Gasteiger partial charge in [0.15, 0.2) is 0 Å². The average Bonchev–Trinajstić information content (AvgIpc) is 3.10. The van der Waals surface area contributed by atoms with Crippen molar-refractivity contribution in [1.29, 1.82) is 0 Å². The Morgan fingerprint density at radius 1 is 1.17 bits per heavy atom. The molecule has 5 nitrogen and oxygen atoms in total. The highest BCUT2D eigenvalue weighted by Crippen LogP contribution is 2.33. The number of hydrogen-bond acceptors (Lipinski definition) is 4. The standard InChI is InChI=1S/C12H21NO4S/c1-18(15,16)17-9-11-4-6-13(7-5-11)12(14)8-10-2-3-10/h10-11H,2-9H2,1H3. The molecule has 1 amide bonds. The van der Waals surface area contributed by atoms with Crippen LogP contribution in [0.4, 0.5) is 0 Å². The van der Waals surface area contributed by atoms with E-state index in [0.717, 1.165) is 32.2 Å². The number of amides is 1. The van der Waals surface area contributed by atoms with Crippen molar-refractivity contribution in [3.05, 3.63) is 0 Å². The van der Waals surface area contributed by atoms with E-state index in [0.29, 0.717) is 12.3 Å². The van der Waals surface area contributed by atoms with Crippen molar-refractivity contribution in [2.24, 2.45) is 11.8 Å². The molecule has 18 heavy (non-hydrogen) atoms. The predicted molar refractivity (Wildman–Crippen MR) is 67.4 cm³/mol. The molecule has 0 radical (unpaired) electrons. The summed E-state index contributed by atoms with van der Waals surface area (Å²) in [6, 6.07) is 0. The van der Waals surface area contributed by atoms with Gasteiger partial charge >= 0.3 is 0 Å². The Balaban J connectivity index is 1.68. The molecule has 2 aliphatic rings. The molecule has 1 saturated heterocycles. The summed E-state index contributed by atoms with van der Waals surface area (Å²) < 4.78 is 26.6. The number of hydrogen-bond donors (Lipinski definition) is 0. The van der Waals surface area contributed by atoms with Crippen molar-refractivity contribution in [1.82, 2.24) is 4.90 Å². The van der Waals surface area contributed by atoms with Crippen molar-refractivity contribution < 1.29 is 17.4 Å². The second-order valence-corrected chi connectivity index (χ2v) is 7.10. The topological polar surface area (TPSA) is 63.7 Å². The van der Waals surface area contributed by atoms with Crippen molar-refractivity contribution >= 4 is 16.0 Å². The number of rotatable bonds is 5. The second kappa shape index (κ2) is 5.57. The summed E-state index contributed by atoms with van der Waals surface area (Å²) in [5.41, 5.74) is 0. The van der Waals surface area contributed by atoms with Crippen molar-refractivity contribution in [2.75, 3.05) is 26.0 Å². The molecular formula is C12H21NO4S. The van der Waals surface area contributed by atoms with Gasteiger partial charge in [0.05, 0.1) is 12.9 Å².